The summed E-state index contributed by atoms with van der Waals surface area (Å²) in [6, 6.07) is 6.07. The molecule has 130 valence electrons. The lowest BCUT2D eigenvalue weighted by atomic mass is 9.87. The van der Waals surface area contributed by atoms with Crippen LogP contribution in [0.4, 0.5) is 13.2 Å². The van der Waals surface area contributed by atoms with Gasteiger partial charge in [-0.3, -0.25) is 4.90 Å². The Kier molecular flexibility index (Phi) is 6.34. The fraction of sp³-hybridized carbons (Fsp3) is 0.647. The molecule has 6 heteroatoms. The van der Waals surface area contributed by atoms with Crippen molar-refractivity contribution < 1.29 is 13.2 Å². The third-order valence-corrected chi connectivity index (χ3v) is 4.98. The number of halogens is 4. The van der Waals surface area contributed by atoms with Crippen molar-refractivity contribution in [3.05, 3.63) is 35.4 Å². The van der Waals surface area contributed by atoms with Crippen LogP contribution in [0.5, 0.6) is 0 Å². The second kappa shape index (κ2) is 7.86. The lowest BCUT2D eigenvalue weighted by Gasteiger charge is -2.39. The van der Waals surface area contributed by atoms with Crippen molar-refractivity contribution in [3.8, 4) is 0 Å². The SMILES string of the molecule is Cl.FC(F)(F)c1ccccc1[C@H](C1CCCC1)N1CCNCC1. The van der Waals surface area contributed by atoms with Gasteiger partial charge in [0.25, 0.3) is 0 Å². The first-order valence-corrected chi connectivity index (χ1v) is 8.18. The summed E-state index contributed by atoms with van der Waals surface area (Å²) in [5.74, 6) is 0.349. The van der Waals surface area contributed by atoms with Crippen LogP contribution in [0.15, 0.2) is 24.3 Å². The Bertz CT molecular complexity index is 495. The first kappa shape index (κ1) is 18.6. The van der Waals surface area contributed by atoms with E-state index in [1.807, 2.05) is 0 Å². The molecule has 1 saturated carbocycles. The van der Waals surface area contributed by atoms with E-state index >= 15 is 0 Å². The molecule has 0 amide bonds. The Morgan fingerprint density at radius 1 is 1.04 bits per heavy atom. The van der Waals surface area contributed by atoms with E-state index in [9.17, 15) is 13.2 Å². The maximum atomic E-state index is 13.4. The van der Waals surface area contributed by atoms with Crippen LogP contribution >= 0.6 is 12.4 Å². The minimum absolute atomic E-state index is 0. The maximum Gasteiger partial charge on any atom is 0.416 e. The number of benzene rings is 1. The highest BCUT2D eigenvalue weighted by molar-refractivity contribution is 5.85. The normalized spacial score (nSPS) is 21.9. The lowest BCUT2D eigenvalue weighted by molar-refractivity contribution is -0.139. The molecule has 2 aliphatic rings. The van der Waals surface area contributed by atoms with Crippen molar-refractivity contribution >= 4 is 12.4 Å². The third-order valence-electron chi connectivity index (χ3n) is 4.98. The van der Waals surface area contributed by atoms with E-state index in [2.05, 4.69) is 10.2 Å². The molecule has 0 unspecified atom stereocenters. The molecular formula is C17H24ClF3N2. The van der Waals surface area contributed by atoms with Crippen molar-refractivity contribution in [3.63, 3.8) is 0 Å². The molecule has 1 aromatic rings. The predicted molar refractivity (Wildman–Crippen MR) is 87.8 cm³/mol. The molecule has 2 nitrogen and oxygen atoms in total. The largest absolute Gasteiger partial charge is 0.416 e. The van der Waals surface area contributed by atoms with Crippen LogP contribution in [0.2, 0.25) is 0 Å². The number of hydrogen-bond acceptors (Lipinski definition) is 2. The van der Waals surface area contributed by atoms with E-state index in [1.165, 1.54) is 12.1 Å². The van der Waals surface area contributed by atoms with Crippen molar-refractivity contribution in [2.24, 2.45) is 5.92 Å². The molecule has 1 aromatic carbocycles. The second-order valence-electron chi connectivity index (χ2n) is 6.36. The topological polar surface area (TPSA) is 15.3 Å². The van der Waals surface area contributed by atoms with Gasteiger partial charge in [0.15, 0.2) is 0 Å². The fourth-order valence-electron chi connectivity index (χ4n) is 4.00. The average molecular weight is 349 g/mol. The molecule has 0 aromatic heterocycles. The van der Waals surface area contributed by atoms with E-state index < -0.39 is 11.7 Å². The zero-order chi connectivity index (χ0) is 15.6. The van der Waals surface area contributed by atoms with E-state index in [0.717, 1.165) is 51.9 Å². The predicted octanol–water partition coefficient (Wildman–Crippen LogP) is 4.26. The van der Waals surface area contributed by atoms with Crippen LogP contribution in [-0.4, -0.2) is 31.1 Å². The van der Waals surface area contributed by atoms with Gasteiger partial charge in [-0.05, 0) is 30.4 Å². The standard InChI is InChI=1S/C17H23F3N2.ClH/c18-17(19,20)15-8-4-3-7-14(15)16(13-5-1-2-6-13)22-11-9-21-10-12-22;/h3-4,7-8,13,16,21H,1-2,5-6,9-12H2;1H/t16-;/m0./s1. The van der Waals surface area contributed by atoms with Gasteiger partial charge in [0.2, 0.25) is 0 Å². The average Bonchev–Trinajstić information content (AvgIpc) is 3.02. The first-order chi connectivity index (χ1) is 10.6. The Morgan fingerprint density at radius 3 is 2.26 bits per heavy atom. The van der Waals surface area contributed by atoms with Gasteiger partial charge >= 0.3 is 6.18 Å². The van der Waals surface area contributed by atoms with Gasteiger partial charge in [-0.15, -0.1) is 12.4 Å². The summed E-state index contributed by atoms with van der Waals surface area (Å²) in [5.41, 5.74) is 0.0224. The van der Waals surface area contributed by atoms with Gasteiger partial charge in [-0.2, -0.15) is 13.2 Å². The number of piperazine rings is 1. The smallest absolute Gasteiger partial charge is 0.314 e. The number of hydrogen-bond donors (Lipinski definition) is 1. The second-order valence-corrected chi connectivity index (χ2v) is 6.36. The van der Waals surface area contributed by atoms with E-state index in [4.69, 9.17) is 0 Å². The molecule has 1 atom stereocenters. The van der Waals surface area contributed by atoms with Crippen molar-refractivity contribution in [1.82, 2.24) is 10.2 Å². The fourth-order valence-corrected chi connectivity index (χ4v) is 4.00. The molecular weight excluding hydrogens is 325 g/mol. The highest BCUT2D eigenvalue weighted by Crippen LogP contribution is 2.44. The zero-order valence-electron chi connectivity index (χ0n) is 13.1. The van der Waals surface area contributed by atoms with Crippen LogP contribution in [0.25, 0.3) is 0 Å². The van der Waals surface area contributed by atoms with Crippen molar-refractivity contribution in [1.29, 1.82) is 0 Å². The van der Waals surface area contributed by atoms with Gasteiger partial charge in [0.05, 0.1) is 5.56 Å². The molecule has 0 bridgehead atoms. The summed E-state index contributed by atoms with van der Waals surface area (Å²) in [6.07, 6.45) is 0.0892. The Morgan fingerprint density at radius 2 is 1.65 bits per heavy atom. The molecule has 1 aliphatic heterocycles. The number of rotatable bonds is 3. The summed E-state index contributed by atoms with van der Waals surface area (Å²) >= 11 is 0. The maximum absolute atomic E-state index is 13.4. The molecule has 0 spiro atoms. The van der Waals surface area contributed by atoms with Gasteiger partial charge in [-0.1, -0.05) is 31.0 Å². The van der Waals surface area contributed by atoms with Gasteiger partial charge in [0.1, 0.15) is 0 Å². The lowest BCUT2D eigenvalue weighted by Crippen LogP contribution is -2.47. The molecule has 1 N–H and O–H groups in total. The van der Waals surface area contributed by atoms with E-state index in [-0.39, 0.29) is 18.4 Å². The summed E-state index contributed by atoms with van der Waals surface area (Å²) in [7, 11) is 0. The first-order valence-electron chi connectivity index (χ1n) is 8.18. The van der Waals surface area contributed by atoms with Gasteiger partial charge < -0.3 is 5.32 Å². The Balaban J connectivity index is 0.00000192. The Labute approximate surface area is 141 Å². The van der Waals surface area contributed by atoms with Gasteiger partial charge in [-0.25, -0.2) is 0 Å². The van der Waals surface area contributed by atoms with Gasteiger partial charge in [0, 0.05) is 32.2 Å². The van der Waals surface area contributed by atoms with Crippen molar-refractivity contribution in [2.75, 3.05) is 26.2 Å². The minimum Gasteiger partial charge on any atom is -0.314 e. The number of alkyl halides is 3. The Hall–Kier alpha value is -0.780. The van der Waals surface area contributed by atoms with E-state index in [0.29, 0.717) is 11.5 Å². The monoisotopic (exact) mass is 348 g/mol. The summed E-state index contributed by atoms with van der Waals surface area (Å²) in [5, 5.41) is 3.29. The van der Waals surface area contributed by atoms with Crippen LogP contribution in [0, 0.1) is 5.92 Å². The summed E-state index contributed by atoms with van der Waals surface area (Å²) < 4.78 is 40.3. The quantitative estimate of drug-likeness (QED) is 0.877. The zero-order valence-corrected chi connectivity index (χ0v) is 13.9. The highest BCUT2D eigenvalue weighted by atomic mass is 35.5. The summed E-state index contributed by atoms with van der Waals surface area (Å²) in [4.78, 5) is 2.26. The molecule has 3 rings (SSSR count). The number of nitrogens with one attached hydrogen (secondary N) is 1. The van der Waals surface area contributed by atoms with Crippen molar-refractivity contribution in [2.45, 2.75) is 37.9 Å². The molecule has 0 radical (unpaired) electrons. The van der Waals surface area contributed by atoms with Crippen LogP contribution in [0.3, 0.4) is 0 Å². The molecule has 23 heavy (non-hydrogen) atoms. The minimum atomic E-state index is -4.28. The molecule has 1 aliphatic carbocycles. The van der Waals surface area contributed by atoms with Crippen LogP contribution in [0.1, 0.15) is 42.9 Å². The third kappa shape index (κ3) is 4.20. The molecule has 1 heterocycles. The van der Waals surface area contributed by atoms with Crippen LogP contribution in [-0.2, 0) is 6.18 Å². The molecule has 2 fully saturated rings. The molecule has 1 saturated heterocycles. The summed E-state index contributed by atoms with van der Waals surface area (Å²) in [6.45, 7) is 3.37. The van der Waals surface area contributed by atoms with Crippen LogP contribution < -0.4 is 5.32 Å². The highest BCUT2D eigenvalue weighted by Gasteiger charge is 2.39. The number of nitrogens with zero attached hydrogens (tertiary/aromatic N) is 1. The van der Waals surface area contributed by atoms with E-state index in [1.54, 1.807) is 12.1 Å².